The van der Waals surface area contributed by atoms with Gasteiger partial charge in [0, 0.05) is 43.2 Å². The monoisotopic (exact) mass is 337 g/mol. The van der Waals surface area contributed by atoms with Gasteiger partial charge in [0.1, 0.15) is 5.60 Å². The molecule has 1 aliphatic heterocycles. The lowest BCUT2D eigenvalue weighted by Crippen LogP contribution is -2.36. The third-order valence-electron chi connectivity index (χ3n) is 3.98. The van der Waals surface area contributed by atoms with E-state index in [2.05, 4.69) is 4.98 Å². The van der Waals surface area contributed by atoms with Crippen molar-refractivity contribution in [3.8, 4) is 0 Å². The Balaban J connectivity index is 1.55. The summed E-state index contributed by atoms with van der Waals surface area (Å²) in [5, 5.41) is 12.5. The number of hydrogen-bond donors (Lipinski definition) is 1. The van der Waals surface area contributed by atoms with Crippen LogP contribution in [0.25, 0.3) is 4.96 Å². The van der Waals surface area contributed by atoms with Crippen LogP contribution in [-0.2, 0) is 11.2 Å². The molecule has 0 saturated carbocycles. The lowest BCUT2D eigenvalue weighted by Gasteiger charge is -2.25. The number of ether oxygens (including phenoxy) is 1. The van der Waals surface area contributed by atoms with Crippen LogP contribution in [0.3, 0.4) is 0 Å². The fourth-order valence-electron chi connectivity index (χ4n) is 2.85. The van der Waals surface area contributed by atoms with E-state index in [1.54, 1.807) is 16.2 Å². The van der Waals surface area contributed by atoms with Crippen molar-refractivity contribution in [1.29, 1.82) is 0 Å². The number of aliphatic hydroxyl groups is 1. The summed E-state index contributed by atoms with van der Waals surface area (Å²) in [5.74, 6) is 0.0715. The number of thiazole rings is 1. The van der Waals surface area contributed by atoms with Crippen LogP contribution in [0, 0.1) is 5.92 Å². The van der Waals surface area contributed by atoms with Crippen molar-refractivity contribution < 1.29 is 14.6 Å². The Morgan fingerprint density at radius 2 is 2.35 bits per heavy atom. The average molecular weight is 337 g/mol. The number of fused-ring (bicyclic) bond motifs is 1. The summed E-state index contributed by atoms with van der Waals surface area (Å²) in [6, 6.07) is 0. The van der Waals surface area contributed by atoms with Gasteiger partial charge in [0.25, 0.3) is 0 Å². The Hall–Kier alpha value is -1.60. The molecule has 3 rings (SSSR count). The van der Waals surface area contributed by atoms with Crippen molar-refractivity contribution in [3.63, 3.8) is 0 Å². The summed E-state index contributed by atoms with van der Waals surface area (Å²) in [7, 11) is 0. The zero-order chi connectivity index (χ0) is 16.6. The standard InChI is InChI=1S/C16H23N3O3S/c1-16(2,3)22-15(21)19-5-4-11(9-19)13(20)8-12-10-18-6-7-23-14(18)17-12/h6-7,10-11,13,20H,4-5,8-9H2,1-3H3. The van der Waals surface area contributed by atoms with E-state index in [1.807, 2.05) is 42.9 Å². The summed E-state index contributed by atoms with van der Waals surface area (Å²) in [4.78, 5) is 19.2. The number of aromatic nitrogens is 2. The maximum atomic E-state index is 12.1. The van der Waals surface area contributed by atoms with E-state index in [4.69, 9.17) is 4.74 Å². The van der Waals surface area contributed by atoms with Gasteiger partial charge in [-0.25, -0.2) is 9.78 Å². The molecule has 0 bridgehead atoms. The van der Waals surface area contributed by atoms with Gasteiger partial charge in [0.05, 0.1) is 11.8 Å². The van der Waals surface area contributed by atoms with E-state index in [1.165, 1.54) is 0 Å². The van der Waals surface area contributed by atoms with E-state index < -0.39 is 11.7 Å². The minimum Gasteiger partial charge on any atom is -0.444 e. The lowest BCUT2D eigenvalue weighted by atomic mass is 9.98. The molecule has 0 aliphatic carbocycles. The Bertz CT molecular complexity index is 660. The van der Waals surface area contributed by atoms with Crippen molar-refractivity contribution >= 4 is 22.4 Å². The summed E-state index contributed by atoms with van der Waals surface area (Å²) in [6.07, 6.45) is 4.43. The van der Waals surface area contributed by atoms with Crippen molar-refractivity contribution in [2.24, 2.45) is 5.92 Å². The second-order valence-electron chi connectivity index (χ2n) is 7.07. The van der Waals surface area contributed by atoms with Crippen LogP contribution < -0.4 is 0 Å². The first-order valence-corrected chi connectivity index (χ1v) is 8.77. The second kappa shape index (κ2) is 6.13. The van der Waals surface area contributed by atoms with Crippen molar-refractivity contribution in [3.05, 3.63) is 23.5 Å². The Labute approximate surface area is 139 Å². The minimum absolute atomic E-state index is 0.0715. The van der Waals surface area contributed by atoms with Crippen LogP contribution in [0.5, 0.6) is 0 Å². The molecule has 1 amide bonds. The Morgan fingerprint density at radius 1 is 1.57 bits per heavy atom. The van der Waals surface area contributed by atoms with Crippen molar-refractivity contribution in [1.82, 2.24) is 14.3 Å². The number of rotatable bonds is 3. The van der Waals surface area contributed by atoms with Gasteiger partial charge >= 0.3 is 6.09 Å². The molecule has 1 N–H and O–H groups in total. The van der Waals surface area contributed by atoms with Gasteiger partial charge in [-0.2, -0.15) is 0 Å². The van der Waals surface area contributed by atoms with E-state index in [0.717, 1.165) is 17.1 Å². The largest absolute Gasteiger partial charge is 0.444 e. The molecule has 7 heteroatoms. The summed E-state index contributed by atoms with van der Waals surface area (Å²) in [5.41, 5.74) is 0.399. The highest BCUT2D eigenvalue weighted by atomic mass is 32.1. The molecule has 6 nitrogen and oxygen atoms in total. The molecule has 3 heterocycles. The number of carbonyl (C=O) groups is 1. The average Bonchev–Trinajstić information content (AvgIpc) is 3.10. The van der Waals surface area contributed by atoms with Crippen LogP contribution in [0.1, 0.15) is 32.9 Å². The molecular formula is C16H23N3O3S. The number of amides is 1. The fraction of sp³-hybridized carbons (Fsp3) is 0.625. The van der Waals surface area contributed by atoms with Gasteiger partial charge in [-0.15, -0.1) is 11.3 Å². The first kappa shape index (κ1) is 16.3. The molecule has 2 unspecified atom stereocenters. The molecule has 2 aromatic rings. The molecule has 23 heavy (non-hydrogen) atoms. The third-order valence-corrected chi connectivity index (χ3v) is 4.75. The van der Waals surface area contributed by atoms with Crippen LogP contribution >= 0.6 is 11.3 Å². The molecule has 1 saturated heterocycles. The van der Waals surface area contributed by atoms with Gasteiger partial charge in [0.2, 0.25) is 0 Å². The predicted molar refractivity (Wildman–Crippen MR) is 88.7 cm³/mol. The van der Waals surface area contributed by atoms with Gasteiger partial charge in [-0.1, -0.05) is 0 Å². The van der Waals surface area contributed by atoms with E-state index in [9.17, 15) is 9.90 Å². The Kier molecular flexibility index (Phi) is 4.33. The van der Waals surface area contributed by atoms with Crippen molar-refractivity contribution in [2.45, 2.75) is 45.3 Å². The third kappa shape index (κ3) is 3.84. The molecule has 0 spiro atoms. The van der Waals surface area contributed by atoms with E-state index in [-0.39, 0.29) is 12.0 Å². The van der Waals surface area contributed by atoms with Gasteiger partial charge in [0.15, 0.2) is 4.96 Å². The fourth-order valence-corrected chi connectivity index (χ4v) is 3.57. The summed E-state index contributed by atoms with van der Waals surface area (Å²) < 4.78 is 7.36. The highest BCUT2D eigenvalue weighted by Gasteiger charge is 2.33. The SMILES string of the molecule is CC(C)(C)OC(=O)N1CCC(C(O)Cc2cn3ccsc3n2)C1. The Morgan fingerprint density at radius 3 is 3.04 bits per heavy atom. The number of likely N-dealkylation sites (tertiary alicyclic amines) is 1. The smallest absolute Gasteiger partial charge is 0.410 e. The van der Waals surface area contributed by atoms with Gasteiger partial charge < -0.3 is 14.7 Å². The van der Waals surface area contributed by atoms with Crippen LogP contribution in [0.15, 0.2) is 17.8 Å². The minimum atomic E-state index is -0.493. The summed E-state index contributed by atoms with van der Waals surface area (Å²) >= 11 is 1.58. The van der Waals surface area contributed by atoms with Crippen LogP contribution in [0.2, 0.25) is 0 Å². The first-order valence-electron chi connectivity index (χ1n) is 7.89. The molecule has 1 fully saturated rings. The van der Waals surface area contributed by atoms with Crippen molar-refractivity contribution in [2.75, 3.05) is 13.1 Å². The molecule has 126 valence electrons. The highest BCUT2D eigenvalue weighted by molar-refractivity contribution is 7.15. The topological polar surface area (TPSA) is 67.1 Å². The molecular weight excluding hydrogens is 314 g/mol. The number of nitrogens with zero attached hydrogens (tertiary/aromatic N) is 3. The zero-order valence-corrected chi connectivity index (χ0v) is 14.5. The maximum Gasteiger partial charge on any atom is 0.410 e. The van der Waals surface area contributed by atoms with Gasteiger partial charge in [-0.3, -0.25) is 4.40 Å². The van der Waals surface area contributed by atoms with Crippen LogP contribution in [0.4, 0.5) is 4.79 Å². The number of imidazole rings is 1. The molecule has 2 atom stereocenters. The summed E-state index contributed by atoms with van der Waals surface area (Å²) in [6.45, 7) is 6.75. The predicted octanol–water partition coefficient (Wildman–Crippen LogP) is 2.56. The molecule has 2 aromatic heterocycles. The van der Waals surface area contributed by atoms with E-state index in [0.29, 0.717) is 19.5 Å². The molecule has 1 aliphatic rings. The second-order valence-corrected chi connectivity index (χ2v) is 7.94. The quantitative estimate of drug-likeness (QED) is 0.935. The number of carbonyl (C=O) groups excluding carboxylic acids is 1. The normalized spacial score (nSPS) is 20.2. The molecule has 0 radical (unpaired) electrons. The van der Waals surface area contributed by atoms with E-state index >= 15 is 0 Å². The van der Waals surface area contributed by atoms with Gasteiger partial charge in [-0.05, 0) is 27.2 Å². The zero-order valence-electron chi connectivity index (χ0n) is 13.7. The maximum absolute atomic E-state index is 12.1. The highest BCUT2D eigenvalue weighted by Crippen LogP contribution is 2.24. The number of hydrogen-bond acceptors (Lipinski definition) is 5. The molecule has 0 aromatic carbocycles. The van der Waals surface area contributed by atoms with Crippen LogP contribution in [-0.4, -0.2) is 50.3 Å². The lowest BCUT2D eigenvalue weighted by molar-refractivity contribution is 0.0269. The number of aliphatic hydroxyl groups excluding tert-OH is 1. The first-order chi connectivity index (χ1) is 10.8.